The van der Waals surface area contributed by atoms with Gasteiger partial charge in [0.1, 0.15) is 5.76 Å². The highest BCUT2D eigenvalue weighted by molar-refractivity contribution is 6.30. The molecule has 2 heterocycles. The van der Waals surface area contributed by atoms with Crippen LogP contribution in [-0.2, 0) is 11.3 Å². The lowest BCUT2D eigenvalue weighted by Gasteiger charge is -2.33. The Kier molecular flexibility index (Phi) is 6.79. The number of aryl methyl sites for hydroxylation is 1. The van der Waals surface area contributed by atoms with E-state index in [0.29, 0.717) is 17.0 Å². The van der Waals surface area contributed by atoms with Gasteiger partial charge < -0.3 is 9.73 Å². The number of aromatic nitrogens is 1. The second kappa shape index (κ2) is 9.52. The van der Waals surface area contributed by atoms with Crippen LogP contribution in [0.5, 0.6) is 0 Å². The quantitative estimate of drug-likeness (QED) is 0.708. The highest BCUT2D eigenvalue weighted by atomic mass is 35.5. The molecule has 1 saturated carbocycles. The van der Waals surface area contributed by atoms with Gasteiger partial charge in [0.05, 0.1) is 5.69 Å². The van der Waals surface area contributed by atoms with Crippen LogP contribution in [0.2, 0.25) is 5.02 Å². The molecule has 0 atom stereocenters. The third-order valence-electron chi connectivity index (χ3n) is 6.68. The van der Waals surface area contributed by atoms with Crippen LogP contribution in [0.4, 0.5) is 0 Å². The fraction of sp³-hybridized carbons (Fsp3) is 0.583. The maximum atomic E-state index is 12.7. The monoisotopic (exact) mass is 429 g/mol. The minimum atomic E-state index is 0.142. The number of nitrogens with one attached hydrogen (secondary N) is 1. The largest absolute Gasteiger partial charge is 0.441 e. The number of rotatable bonds is 5. The summed E-state index contributed by atoms with van der Waals surface area (Å²) in [5.41, 5.74) is 1.90. The minimum Gasteiger partial charge on any atom is -0.441 e. The molecular formula is C24H32ClN3O2. The fourth-order valence-corrected chi connectivity index (χ4v) is 4.71. The molecule has 2 fully saturated rings. The van der Waals surface area contributed by atoms with Gasteiger partial charge in [0.15, 0.2) is 0 Å². The lowest BCUT2D eigenvalue weighted by Crippen LogP contribution is -2.44. The number of carbonyl (C=O) groups excluding carboxylic acids is 1. The first-order valence-electron chi connectivity index (χ1n) is 11.2. The van der Waals surface area contributed by atoms with Crippen LogP contribution in [0.15, 0.2) is 28.7 Å². The van der Waals surface area contributed by atoms with E-state index in [1.54, 1.807) is 0 Å². The molecule has 0 spiro atoms. The van der Waals surface area contributed by atoms with Crippen molar-refractivity contribution in [1.29, 1.82) is 0 Å². The molecule has 1 aliphatic heterocycles. The summed E-state index contributed by atoms with van der Waals surface area (Å²) in [6.07, 6.45) is 6.56. The van der Waals surface area contributed by atoms with Crippen LogP contribution in [0.25, 0.3) is 11.5 Å². The van der Waals surface area contributed by atoms with Crippen molar-refractivity contribution < 1.29 is 9.21 Å². The van der Waals surface area contributed by atoms with Crippen LogP contribution in [-0.4, -0.2) is 34.9 Å². The average Bonchev–Trinajstić information content (AvgIpc) is 3.11. The fourth-order valence-electron chi connectivity index (χ4n) is 4.58. The Labute approximate surface area is 184 Å². The normalized spacial score (nSPS) is 23.4. The first kappa shape index (κ1) is 21.4. The molecule has 1 aromatic carbocycles. The molecule has 0 radical (unpaired) electrons. The van der Waals surface area contributed by atoms with Gasteiger partial charge in [0, 0.05) is 29.1 Å². The van der Waals surface area contributed by atoms with Crippen LogP contribution in [0.1, 0.15) is 56.9 Å². The Morgan fingerprint density at radius 1 is 1.13 bits per heavy atom. The smallest absolute Gasteiger partial charge is 0.226 e. The Morgan fingerprint density at radius 3 is 2.47 bits per heavy atom. The van der Waals surface area contributed by atoms with Gasteiger partial charge in [-0.05, 0) is 88.7 Å². The van der Waals surface area contributed by atoms with Crippen molar-refractivity contribution >= 4 is 17.5 Å². The first-order chi connectivity index (χ1) is 14.5. The molecule has 2 aliphatic rings. The van der Waals surface area contributed by atoms with Crippen LogP contribution in [0.3, 0.4) is 0 Å². The number of hydrogen-bond acceptors (Lipinski definition) is 4. The molecule has 4 rings (SSSR count). The summed E-state index contributed by atoms with van der Waals surface area (Å²) >= 11 is 5.97. The van der Waals surface area contributed by atoms with Gasteiger partial charge in [0.25, 0.3) is 0 Å². The van der Waals surface area contributed by atoms with E-state index in [1.165, 1.54) is 12.8 Å². The third-order valence-corrected chi connectivity index (χ3v) is 6.93. The summed E-state index contributed by atoms with van der Waals surface area (Å²) in [6.45, 7) is 6.87. The molecule has 6 heteroatoms. The maximum Gasteiger partial charge on any atom is 0.226 e. The highest BCUT2D eigenvalue weighted by Crippen LogP contribution is 2.27. The van der Waals surface area contributed by atoms with Crippen molar-refractivity contribution in [2.45, 2.75) is 65.0 Å². The highest BCUT2D eigenvalue weighted by Gasteiger charge is 2.28. The van der Waals surface area contributed by atoms with E-state index >= 15 is 0 Å². The van der Waals surface area contributed by atoms with Gasteiger partial charge in [0.2, 0.25) is 11.8 Å². The molecule has 1 aromatic heterocycles. The molecule has 1 saturated heterocycles. The van der Waals surface area contributed by atoms with Crippen molar-refractivity contribution in [2.24, 2.45) is 11.8 Å². The van der Waals surface area contributed by atoms with Gasteiger partial charge in [-0.15, -0.1) is 0 Å². The Morgan fingerprint density at radius 2 is 1.80 bits per heavy atom. The number of carbonyl (C=O) groups is 1. The lowest BCUT2D eigenvalue weighted by atomic mass is 9.86. The summed E-state index contributed by atoms with van der Waals surface area (Å²) in [6, 6.07) is 7.93. The molecule has 162 valence electrons. The number of halogens is 1. The molecule has 5 nitrogen and oxygen atoms in total. The summed E-state index contributed by atoms with van der Waals surface area (Å²) in [4.78, 5) is 19.8. The van der Waals surface area contributed by atoms with Gasteiger partial charge in [-0.1, -0.05) is 18.5 Å². The van der Waals surface area contributed by atoms with Gasteiger partial charge in [-0.3, -0.25) is 9.69 Å². The van der Waals surface area contributed by atoms with Crippen LogP contribution >= 0.6 is 11.6 Å². The van der Waals surface area contributed by atoms with E-state index in [2.05, 4.69) is 17.1 Å². The van der Waals surface area contributed by atoms with Crippen molar-refractivity contribution in [3.8, 4) is 11.5 Å². The number of benzene rings is 1. The van der Waals surface area contributed by atoms with E-state index in [0.717, 1.165) is 68.3 Å². The number of likely N-dealkylation sites (tertiary alicyclic amines) is 1. The number of amides is 1. The van der Waals surface area contributed by atoms with Gasteiger partial charge in [-0.2, -0.15) is 0 Å². The SMILES string of the molecule is Cc1oc(-c2ccc(Cl)cc2)nc1CN1CCC(C(=O)NC2CCC(C)CC2)CC1. The zero-order valence-corrected chi connectivity index (χ0v) is 18.8. The molecule has 30 heavy (non-hydrogen) atoms. The summed E-state index contributed by atoms with van der Waals surface area (Å²) in [5, 5.41) is 4.02. The van der Waals surface area contributed by atoms with Crippen LogP contribution < -0.4 is 5.32 Å². The van der Waals surface area contributed by atoms with E-state index in [1.807, 2.05) is 31.2 Å². The van der Waals surface area contributed by atoms with Gasteiger partial charge >= 0.3 is 0 Å². The van der Waals surface area contributed by atoms with Crippen LogP contribution in [0, 0.1) is 18.8 Å². The molecule has 2 aromatic rings. The van der Waals surface area contributed by atoms with Crippen molar-refractivity contribution in [3.63, 3.8) is 0 Å². The summed E-state index contributed by atoms with van der Waals surface area (Å²) in [5.74, 6) is 2.70. The van der Waals surface area contributed by atoms with Crippen molar-refractivity contribution in [2.75, 3.05) is 13.1 Å². The number of nitrogens with zero attached hydrogens (tertiary/aromatic N) is 2. The Bertz CT molecular complexity index is 848. The second-order valence-electron chi connectivity index (χ2n) is 9.04. The zero-order chi connectivity index (χ0) is 21.1. The molecule has 0 bridgehead atoms. The number of hydrogen-bond donors (Lipinski definition) is 1. The Hall–Kier alpha value is -1.85. The average molecular weight is 430 g/mol. The Balaban J connectivity index is 1.27. The number of piperidine rings is 1. The standard InChI is InChI=1S/C24H32ClN3O2/c1-16-3-9-21(10-4-16)26-23(29)18-11-13-28(14-12-18)15-22-17(2)30-24(27-22)19-5-7-20(25)8-6-19/h5-8,16,18,21H,3-4,9-15H2,1-2H3,(H,26,29). The van der Waals surface area contributed by atoms with Gasteiger partial charge in [-0.25, -0.2) is 4.98 Å². The summed E-state index contributed by atoms with van der Waals surface area (Å²) < 4.78 is 5.89. The molecule has 1 N–H and O–H groups in total. The third kappa shape index (κ3) is 5.25. The topological polar surface area (TPSA) is 58.4 Å². The predicted octanol–water partition coefficient (Wildman–Crippen LogP) is 5.21. The maximum absolute atomic E-state index is 12.7. The van der Waals surface area contributed by atoms with E-state index in [9.17, 15) is 4.79 Å². The second-order valence-corrected chi connectivity index (χ2v) is 9.48. The van der Waals surface area contributed by atoms with E-state index in [4.69, 9.17) is 21.0 Å². The van der Waals surface area contributed by atoms with Crippen molar-refractivity contribution in [3.05, 3.63) is 40.7 Å². The predicted molar refractivity (Wildman–Crippen MR) is 119 cm³/mol. The lowest BCUT2D eigenvalue weighted by molar-refractivity contribution is -0.127. The van der Waals surface area contributed by atoms with E-state index in [-0.39, 0.29) is 11.8 Å². The van der Waals surface area contributed by atoms with E-state index < -0.39 is 0 Å². The molecular weight excluding hydrogens is 398 g/mol. The molecule has 0 unspecified atom stereocenters. The molecule has 1 amide bonds. The first-order valence-corrected chi connectivity index (χ1v) is 11.6. The zero-order valence-electron chi connectivity index (χ0n) is 18.0. The van der Waals surface area contributed by atoms with Crippen molar-refractivity contribution in [1.82, 2.24) is 15.2 Å². The summed E-state index contributed by atoms with van der Waals surface area (Å²) in [7, 11) is 0. The minimum absolute atomic E-state index is 0.142. The molecule has 1 aliphatic carbocycles. The number of oxazole rings is 1.